The zero-order chi connectivity index (χ0) is 13.1. The molecule has 0 saturated carbocycles. The lowest BCUT2D eigenvalue weighted by molar-refractivity contribution is 0.267. The topological polar surface area (TPSA) is 59.1 Å². The molecular weight excluding hydrogens is 280 g/mol. The SMILES string of the molecule is Cc1ccc(Br)cc1OCCC(C)(C)C(=N)N. The van der Waals surface area contributed by atoms with Crippen LogP contribution in [0.1, 0.15) is 25.8 Å². The molecule has 4 heteroatoms. The number of ether oxygens (including phenoxy) is 1. The Morgan fingerprint density at radius 1 is 1.47 bits per heavy atom. The molecule has 0 unspecified atom stereocenters. The normalized spacial score (nSPS) is 11.3. The van der Waals surface area contributed by atoms with Crippen molar-refractivity contribution in [2.75, 3.05) is 6.61 Å². The third-order valence-corrected chi connectivity index (χ3v) is 3.36. The second kappa shape index (κ2) is 5.54. The first-order valence-corrected chi connectivity index (χ1v) is 6.36. The quantitative estimate of drug-likeness (QED) is 0.646. The smallest absolute Gasteiger partial charge is 0.123 e. The molecule has 0 fully saturated rings. The Balaban J connectivity index is 2.57. The molecule has 0 amide bonds. The van der Waals surface area contributed by atoms with Crippen LogP contribution in [0.3, 0.4) is 0 Å². The number of hydrogen-bond acceptors (Lipinski definition) is 2. The molecule has 0 spiro atoms. The van der Waals surface area contributed by atoms with Gasteiger partial charge in [0.25, 0.3) is 0 Å². The van der Waals surface area contributed by atoms with Crippen LogP contribution in [0.4, 0.5) is 0 Å². The second-order valence-corrected chi connectivity index (χ2v) is 5.72. The van der Waals surface area contributed by atoms with Gasteiger partial charge in [0.1, 0.15) is 5.75 Å². The predicted octanol–water partition coefficient (Wildman–Crippen LogP) is 3.49. The molecule has 0 aliphatic rings. The van der Waals surface area contributed by atoms with Gasteiger partial charge in [0.2, 0.25) is 0 Å². The van der Waals surface area contributed by atoms with E-state index in [9.17, 15) is 0 Å². The van der Waals surface area contributed by atoms with Crippen LogP contribution < -0.4 is 10.5 Å². The van der Waals surface area contributed by atoms with E-state index < -0.39 is 0 Å². The first-order chi connectivity index (χ1) is 7.83. The van der Waals surface area contributed by atoms with Crippen molar-refractivity contribution in [1.82, 2.24) is 0 Å². The van der Waals surface area contributed by atoms with Crippen molar-refractivity contribution in [1.29, 1.82) is 5.41 Å². The molecule has 1 rings (SSSR count). The maximum absolute atomic E-state index is 7.47. The molecule has 1 aromatic rings. The number of nitrogens with two attached hydrogens (primary N) is 1. The molecule has 0 bridgehead atoms. The Labute approximate surface area is 111 Å². The molecule has 17 heavy (non-hydrogen) atoms. The van der Waals surface area contributed by atoms with E-state index in [1.54, 1.807) is 0 Å². The molecule has 0 aliphatic heterocycles. The molecule has 3 N–H and O–H groups in total. The molecule has 0 radical (unpaired) electrons. The summed E-state index contributed by atoms with van der Waals surface area (Å²) >= 11 is 3.42. The van der Waals surface area contributed by atoms with Crippen molar-refractivity contribution in [2.24, 2.45) is 11.1 Å². The summed E-state index contributed by atoms with van der Waals surface area (Å²) in [6.07, 6.45) is 0.730. The lowest BCUT2D eigenvalue weighted by atomic mass is 9.88. The van der Waals surface area contributed by atoms with E-state index in [0.29, 0.717) is 6.61 Å². The number of rotatable bonds is 5. The van der Waals surface area contributed by atoms with E-state index in [4.69, 9.17) is 15.9 Å². The summed E-state index contributed by atoms with van der Waals surface area (Å²) in [5.41, 5.74) is 6.32. The van der Waals surface area contributed by atoms with Gasteiger partial charge >= 0.3 is 0 Å². The highest BCUT2D eigenvalue weighted by atomic mass is 79.9. The van der Waals surface area contributed by atoms with Crippen molar-refractivity contribution in [2.45, 2.75) is 27.2 Å². The largest absolute Gasteiger partial charge is 0.493 e. The summed E-state index contributed by atoms with van der Waals surface area (Å²) in [6, 6.07) is 5.95. The molecule has 94 valence electrons. The summed E-state index contributed by atoms with van der Waals surface area (Å²) in [6.45, 7) is 6.47. The number of amidine groups is 1. The van der Waals surface area contributed by atoms with Crippen LogP contribution in [0.2, 0.25) is 0 Å². The Morgan fingerprint density at radius 3 is 2.71 bits per heavy atom. The van der Waals surface area contributed by atoms with Gasteiger partial charge in [0.15, 0.2) is 0 Å². The van der Waals surface area contributed by atoms with Gasteiger partial charge in [-0.15, -0.1) is 0 Å². The number of aryl methyl sites for hydroxylation is 1. The third-order valence-electron chi connectivity index (χ3n) is 2.86. The molecule has 0 atom stereocenters. The minimum atomic E-state index is -0.306. The number of hydrogen-bond donors (Lipinski definition) is 2. The fraction of sp³-hybridized carbons (Fsp3) is 0.462. The molecule has 0 aromatic heterocycles. The van der Waals surface area contributed by atoms with E-state index in [0.717, 1.165) is 22.2 Å². The maximum Gasteiger partial charge on any atom is 0.123 e. The van der Waals surface area contributed by atoms with E-state index in [1.807, 2.05) is 39.0 Å². The molecule has 1 aromatic carbocycles. The van der Waals surface area contributed by atoms with E-state index in [1.165, 1.54) is 0 Å². The number of benzene rings is 1. The van der Waals surface area contributed by atoms with Gasteiger partial charge < -0.3 is 10.5 Å². The van der Waals surface area contributed by atoms with Crippen LogP contribution in [0.5, 0.6) is 5.75 Å². The highest BCUT2D eigenvalue weighted by Crippen LogP contribution is 2.25. The number of halogens is 1. The number of nitrogens with one attached hydrogen (secondary N) is 1. The maximum atomic E-state index is 7.47. The average molecular weight is 299 g/mol. The first-order valence-electron chi connectivity index (χ1n) is 5.56. The van der Waals surface area contributed by atoms with Gasteiger partial charge in [-0.25, -0.2) is 0 Å². The van der Waals surface area contributed by atoms with E-state index >= 15 is 0 Å². The van der Waals surface area contributed by atoms with Crippen molar-refractivity contribution in [3.8, 4) is 5.75 Å². The highest BCUT2D eigenvalue weighted by molar-refractivity contribution is 9.10. The van der Waals surface area contributed by atoms with Gasteiger partial charge in [-0.3, -0.25) is 5.41 Å². The predicted molar refractivity (Wildman–Crippen MR) is 74.7 cm³/mol. The van der Waals surface area contributed by atoms with Crippen LogP contribution in [0, 0.1) is 17.7 Å². The fourth-order valence-electron chi connectivity index (χ4n) is 1.28. The summed E-state index contributed by atoms with van der Waals surface area (Å²) in [7, 11) is 0. The highest BCUT2D eigenvalue weighted by Gasteiger charge is 2.21. The third kappa shape index (κ3) is 4.04. The van der Waals surface area contributed by atoms with Crippen molar-refractivity contribution >= 4 is 21.8 Å². The Bertz CT molecular complexity index is 416. The fourth-order valence-corrected chi connectivity index (χ4v) is 1.62. The molecular formula is C13H19BrN2O. The Morgan fingerprint density at radius 2 is 2.12 bits per heavy atom. The zero-order valence-electron chi connectivity index (χ0n) is 10.5. The van der Waals surface area contributed by atoms with E-state index in [-0.39, 0.29) is 11.3 Å². The second-order valence-electron chi connectivity index (χ2n) is 4.81. The lowest BCUT2D eigenvalue weighted by Gasteiger charge is -2.23. The molecule has 0 heterocycles. The Kier molecular flexibility index (Phi) is 4.57. The van der Waals surface area contributed by atoms with Crippen LogP contribution in [0.15, 0.2) is 22.7 Å². The first kappa shape index (κ1) is 14.0. The van der Waals surface area contributed by atoms with Crippen molar-refractivity contribution < 1.29 is 4.74 Å². The van der Waals surface area contributed by atoms with Gasteiger partial charge in [-0.05, 0) is 31.0 Å². The van der Waals surface area contributed by atoms with Gasteiger partial charge in [0.05, 0.1) is 12.4 Å². The summed E-state index contributed by atoms with van der Waals surface area (Å²) in [5.74, 6) is 1.07. The molecule has 0 saturated heterocycles. The minimum absolute atomic E-state index is 0.201. The summed E-state index contributed by atoms with van der Waals surface area (Å²) < 4.78 is 6.73. The summed E-state index contributed by atoms with van der Waals surface area (Å²) in [4.78, 5) is 0. The van der Waals surface area contributed by atoms with Crippen LogP contribution in [-0.4, -0.2) is 12.4 Å². The standard InChI is InChI=1S/C13H19BrN2O/c1-9-4-5-10(14)8-11(9)17-7-6-13(2,3)12(15)16/h4-5,8H,6-7H2,1-3H3,(H3,15,16). The van der Waals surface area contributed by atoms with Gasteiger partial charge in [0, 0.05) is 9.89 Å². The zero-order valence-corrected chi connectivity index (χ0v) is 12.1. The van der Waals surface area contributed by atoms with Crippen LogP contribution >= 0.6 is 15.9 Å². The van der Waals surface area contributed by atoms with Crippen molar-refractivity contribution in [3.05, 3.63) is 28.2 Å². The monoisotopic (exact) mass is 298 g/mol. The van der Waals surface area contributed by atoms with Gasteiger partial charge in [-0.2, -0.15) is 0 Å². The average Bonchev–Trinajstić information content (AvgIpc) is 2.22. The lowest BCUT2D eigenvalue weighted by Crippen LogP contribution is -2.32. The summed E-state index contributed by atoms with van der Waals surface area (Å²) in [5, 5.41) is 7.47. The Hall–Kier alpha value is -1.03. The molecule has 3 nitrogen and oxygen atoms in total. The van der Waals surface area contributed by atoms with E-state index in [2.05, 4.69) is 15.9 Å². The minimum Gasteiger partial charge on any atom is -0.493 e. The van der Waals surface area contributed by atoms with Crippen LogP contribution in [-0.2, 0) is 0 Å². The van der Waals surface area contributed by atoms with Crippen LogP contribution in [0.25, 0.3) is 0 Å². The van der Waals surface area contributed by atoms with Crippen molar-refractivity contribution in [3.63, 3.8) is 0 Å². The molecule has 0 aliphatic carbocycles. The van der Waals surface area contributed by atoms with Gasteiger partial charge in [-0.1, -0.05) is 35.8 Å².